The number of halogens is 4. The monoisotopic (exact) mass is 583 g/mol. The summed E-state index contributed by atoms with van der Waals surface area (Å²) in [6, 6.07) is 14.6. The second-order valence-electron chi connectivity index (χ2n) is 10.0. The van der Waals surface area contributed by atoms with E-state index >= 15 is 0 Å². The Bertz CT molecular complexity index is 1530. The lowest BCUT2D eigenvalue weighted by atomic mass is 9.91. The highest BCUT2D eigenvalue weighted by Crippen LogP contribution is 2.43. The second-order valence-corrected chi connectivity index (χ2v) is 10.5. The van der Waals surface area contributed by atoms with Gasteiger partial charge in [-0.05, 0) is 30.2 Å². The minimum Gasteiger partial charge on any atom is -0.378 e. The van der Waals surface area contributed by atoms with Crippen LogP contribution < -0.4 is 4.90 Å². The van der Waals surface area contributed by atoms with E-state index in [4.69, 9.17) is 11.6 Å². The van der Waals surface area contributed by atoms with Gasteiger partial charge < -0.3 is 19.8 Å². The summed E-state index contributed by atoms with van der Waals surface area (Å²) in [5.74, 6) is -1.13. The van der Waals surface area contributed by atoms with Gasteiger partial charge in [0.1, 0.15) is 11.9 Å². The summed E-state index contributed by atoms with van der Waals surface area (Å²) in [5, 5.41) is 20.2. The highest BCUT2D eigenvalue weighted by atomic mass is 35.5. The van der Waals surface area contributed by atoms with E-state index in [-0.39, 0.29) is 31.2 Å². The number of hydrogen-bond acceptors (Lipinski definition) is 6. The number of carbonyl (C=O) groups is 1. The summed E-state index contributed by atoms with van der Waals surface area (Å²) in [6.07, 6.45) is -3.66. The summed E-state index contributed by atoms with van der Waals surface area (Å²) < 4.78 is 42.3. The number of nitriles is 1. The van der Waals surface area contributed by atoms with Crippen molar-refractivity contribution in [2.75, 3.05) is 45.2 Å². The average Bonchev–Trinajstić information content (AvgIpc) is 2.95. The first-order valence-corrected chi connectivity index (χ1v) is 13.1. The van der Waals surface area contributed by atoms with Crippen LogP contribution in [0.25, 0.3) is 16.8 Å². The largest absolute Gasteiger partial charge is 0.430 e. The number of hydrogen-bond donors (Lipinski definition) is 1. The smallest absolute Gasteiger partial charge is 0.378 e. The predicted molar refractivity (Wildman–Crippen MR) is 152 cm³/mol. The van der Waals surface area contributed by atoms with Crippen molar-refractivity contribution in [1.82, 2.24) is 14.8 Å². The van der Waals surface area contributed by atoms with Crippen molar-refractivity contribution in [2.24, 2.45) is 0 Å². The maximum Gasteiger partial charge on any atom is 0.430 e. The Kier molecular flexibility index (Phi) is 8.34. The number of anilines is 1. The Morgan fingerprint density at radius 1 is 1.10 bits per heavy atom. The molecule has 4 rings (SSSR count). The Morgan fingerprint density at radius 2 is 1.76 bits per heavy atom. The molecule has 3 aromatic rings. The molecule has 11 heteroatoms. The molecule has 41 heavy (non-hydrogen) atoms. The number of carbonyl (C=O) groups excluding carboxylic acids is 1. The lowest BCUT2D eigenvalue weighted by Crippen LogP contribution is -2.59. The van der Waals surface area contributed by atoms with E-state index in [9.17, 15) is 28.3 Å². The second kappa shape index (κ2) is 11.4. The molecule has 1 amide bonds. The number of amides is 1. The van der Waals surface area contributed by atoms with Crippen molar-refractivity contribution in [3.8, 4) is 17.2 Å². The fourth-order valence-corrected chi connectivity index (χ4v) is 5.12. The van der Waals surface area contributed by atoms with Gasteiger partial charge in [-0.3, -0.25) is 4.79 Å². The minimum atomic E-state index is -5.30. The van der Waals surface area contributed by atoms with Crippen LogP contribution in [-0.2, 0) is 10.4 Å². The van der Waals surface area contributed by atoms with Crippen LogP contribution in [0.5, 0.6) is 0 Å². The summed E-state index contributed by atoms with van der Waals surface area (Å²) in [4.78, 5) is 22.3. The molecule has 1 aromatic heterocycles. The summed E-state index contributed by atoms with van der Waals surface area (Å²) in [5.41, 5.74) is 0.276. The maximum atomic E-state index is 14.1. The van der Waals surface area contributed by atoms with Crippen molar-refractivity contribution in [1.29, 1.82) is 5.26 Å². The molecule has 0 saturated carbocycles. The van der Waals surface area contributed by atoms with Gasteiger partial charge in [0, 0.05) is 73.9 Å². The third-order valence-electron chi connectivity index (χ3n) is 7.25. The predicted octanol–water partition coefficient (Wildman–Crippen LogP) is 5.21. The van der Waals surface area contributed by atoms with Crippen molar-refractivity contribution in [3.05, 3.63) is 88.6 Å². The molecule has 1 saturated heterocycles. The van der Waals surface area contributed by atoms with E-state index in [0.717, 1.165) is 38.9 Å². The van der Waals surface area contributed by atoms with Crippen molar-refractivity contribution < 1.29 is 23.1 Å². The van der Waals surface area contributed by atoms with E-state index < -0.39 is 23.2 Å². The number of piperazine rings is 1. The molecule has 1 N–H and O–H groups in total. The Hall–Kier alpha value is -4.07. The number of alkyl halides is 3. The molecule has 2 aromatic carbocycles. The van der Waals surface area contributed by atoms with Crippen LogP contribution in [0.3, 0.4) is 0 Å². The average molecular weight is 584 g/mol. The van der Waals surface area contributed by atoms with Gasteiger partial charge in [0.25, 0.3) is 11.5 Å². The van der Waals surface area contributed by atoms with Crippen LogP contribution in [0.15, 0.2) is 61.3 Å². The molecule has 0 aliphatic carbocycles. The van der Waals surface area contributed by atoms with Gasteiger partial charge in [-0.2, -0.15) is 18.4 Å². The first kappa shape index (κ1) is 29.9. The number of rotatable bonds is 6. The maximum absolute atomic E-state index is 14.1. The fraction of sp³-hybridized carbons (Fsp3) is 0.300. The van der Waals surface area contributed by atoms with Gasteiger partial charge in [0.2, 0.25) is 0 Å². The number of aryl methyl sites for hydroxylation is 1. The molecule has 7 nitrogen and oxygen atoms in total. The summed E-state index contributed by atoms with van der Waals surface area (Å²) >= 11 is 5.95. The van der Waals surface area contributed by atoms with E-state index in [0.29, 0.717) is 11.4 Å². The van der Waals surface area contributed by atoms with E-state index in [1.165, 1.54) is 18.2 Å². The molecule has 1 atom stereocenters. The standard InChI is InChI=1S/C30H29ClF3N5O2/c1-19-15-21(9-10-24(19)20(2)37(3)4)23-16-22(17-35)27(36-18-23)38-11-13-39(14-12-38)28(40)29(41,30(32,33)34)25-7-5-6-8-26(25)31/h5-10,15-16,18,41H,2,11-14H2,1,3-4H3. The number of nitrogens with zero attached hydrogens (tertiary/aromatic N) is 5. The van der Waals surface area contributed by atoms with Crippen LogP contribution in [-0.4, -0.2) is 72.2 Å². The zero-order valence-electron chi connectivity index (χ0n) is 22.8. The number of aromatic nitrogens is 1. The van der Waals surface area contributed by atoms with Crippen LogP contribution in [0.4, 0.5) is 19.0 Å². The van der Waals surface area contributed by atoms with Crippen molar-refractivity contribution in [3.63, 3.8) is 0 Å². The zero-order chi connectivity index (χ0) is 30.1. The molecular weight excluding hydrogens is 555 g/mol. The lowest BCUT2D eigenvalue weighted by molar-refractivity contribution is -0.261. The Balaban J connectivity index is 1.54. The van der Waals surface area contributed by atoms with Gasteiger partial charge in [-0.1, -0.05) is 54.6 Å². The van der Waals surface area contributed by atoms with Crippen LogP contribution in [0, 0.1) is 18.3 Å². The lowest BCUT2D eigenvalue weighted by Gasteiger charge is -2.40. The quantitative estimate of drug-likeness (QED) is 0.429. The molecule has 1 unspecified atom stereocenters. The topological polar surface area (TPSA) is 83.7 Å². The van der Waals surface area contributed by atoms with E-state index in [1.54, 1.807) is 17.2 Å². The van der Waals surface area contributed by atoms with Gasteiger partial charge in [0.15, 0.2) is 0 Å². The molecule has 214 valence electrons. The van der Waals surface area contributed by atoms with E-state index in [2.05, 4.69) is 17.6 Å². The van der Waals surface area contributed by atoms with E-state index in [1.807, 2.05) is 44.1 Å². The van der Waals surface area contributed by atoms with Gasteiger partial charge >= 0.3 is 6.18 Å². The summed E-state index contributed by atoms with van der Waals surface area (Å²) in [6.45, 7) is 6.08. The van der Waals surface area contributed by atoms with Gasteiger partial charge in [-0.15, -0.1) is 0 Å². The van der Waals surface area contributed by atoms with Crippen molar-refractivity contribution in [2.45, 2.75) is 18.7 Å². The molecule has 2 heterocycles. The molecule has 1 aliphatic heterocycles. The van der Waals surface area contributed by atoms with Gasteiger partial charge in [0.05, 0.1) is 5.56 Å². The normalized spacial score (nSPS) is 15.2. The number of pyridine rings is 1. The Labute approximate surface area is 241 Å². The fourth-order valence-electron chi connectivity index (χ4n) is 4.85. The highest BCUT2D eigenvalue weighted by Gasteiger charge is 2.62. The molecule has 0 bridgehead atoms. The first-order valence-electron chi connectivity index (χ1n) is 12.8. The molecule has 1 aliphatic rings. The SMILES string of the molecule is C=C(c1ccc(-c2cnc(N3CCN(C(=O)C(O)(c4ccccc4Cl)C(F)(F)F)CC3)c(C#N)c2)cc1C)N(C)C. The molecular formula is C30H29ClF3N5O2. The van der Waals surface area contributed by atoms with Crippen LogP contribution in [0.1, 0.15) is 22.3 Å². The third kappa shape index (κ3) is 5.60. The third-order valence-corrected chi connectivity index (χ3v) is 7.58. The molecule has 0 spiro atoms. The summed E-state index contributed by atoms with van der Waals surface area (Å²) in [7, 11) is 3.84. The molecule has 0 radical (unpaired) electrons. The van der Waals surface area contributed by atoms with Crippen LogP contribution in [0.2, 0.25) is 5.02 Å². The van der Waals surface area contributed by atoms with Crippen molar-refractivity contribution >= 4 is 29.0 Å². The highest BCUT2D eigenvalue weighted by molar-refractivity contribution is 6.31. The minimum absolute atomic E-state index is 0.115. The first-order chi connectivity index (χ1) is 19.3. The molecule has 1 fully saturated rings. The van der Waals surface area contributed by atoms with Crippen LogP contribution >= 0.6 is 11.6 Å². The Morgan fingerprint density at radius 3 is 2.32 bits per heavy atom. The number of benzene rings is 2. The van der Waals surface area contributed by atoms with Gasteiger partial charge in [-0.25, -0.2) is 4.98 Å². The number of aliphatic hydroxyl groups is 1. The zero-order valence-corrected chi connectivity index (χ0v) is 23.6.